The Hall–Kier alpha value is -2.59. The molecule has 0 saturated carbocycles. The van der Waals surface area contributed by atoms with Crippen molar-refractivity contribution in [2.45, 2.75) is 38.4 Å². The first-order valence-corrected chi connectivity index (χ1v) is 8.29. The van der Waals surface area contributed by atoms with Gasteiger partial charge in [-0.15, -0.1) is 0 Å². The van der Waals surface area contributed by atoms with Gasteiger partial charge in [-0.1, -0.05) is 12.1 Å². The van der Waals surface area contributed by atoms with Gasteiger partial charge in [-0.2, -0.15) is 5.26 Å². The molecule has 25 heavy (non-hydrogen) atoms. The molecule has 2 rings (SSSR count). The molecule has 7 heteroatoms. The third-order valence-corrected chi connectivity index (χ3v) is 4.01. The fraction of sp³-hybridized carbons (Fsp3) is 0.500. The van der Waals surface area contributed by atoms with Crippen molar-refractivity contribution in [1.82, 2.24) is 4.90 Å². The summed E-state index contributed by atoms with van der Waals surface area (Å²) in [5, 5.41) is 18.0. The fourth-order valence-corrected chi connectivity index (χ4v) is 2.72. The molecule has 1 aromatic carbocycles. The lowest BCUT2D eigenvalue weighted by molar-refractivity contribution is -0.142. The molecular formula is C18H22N2O5. The Balaban J connectivity index is 2.04. The molecule has 134 valence electrons. The minimum absolute atomic E-state index is 0.0728. The van der Waals surface area contributed by atoms with Gasteiger partial charge in [0, 0.05) is 19.7 Å². The van der Waals surface area contributed by atoms with Gasteiger partial charge in [-0.25, -0.2) is 0 Å². The number of para-hydroxylation sites is 1. The molecule has 7 nitrogen and oxygen atoms in total. The van der Waals surface area contributed by atoms with E-state index in [9.17, 15) is 9.59 Å². The normalized spacial score (nSPS) is 17.5. The molecule has 1 saturated heterocycles. The van der Waals surface area contributed by atoms with Gasteiger partial charge in [0.2, 0.25) is 0 Å². The van der Waals surface area contributed by atoms with Gasteiger partial charge < -0.3 is 19.5 Å². The van der Waals surface area contributed by atoms with Crippen molar-refractivity contribution in [2.24, 2.45) is 0 Å². The molecule has 2 atom stereocenters. The van der Waals surface area contributed by atoms with E-state index in [-0.39, 0.29) is 25.0 Å². The molecule has 1 N–H and O–H groups in total. The number of rotatable bonds is 8. The highest BCUT2D eigenvalue weighted by atomic mass is 16.5. The van der Waals surface area contributed by atoms with Crippen LogP contribution in [-0.2, 0) is 14.3 Å². The number of carboxylic acids is 1. The molecule has 1 amide bonds. The van der Waals surface area contributed by atoms with Crippen LogP contribution in [-0.4, -0.2) is 53.8 Å². The van der Waals surface area contributed by atoms with Crippen LogP contribution in [0.2, 0.25) is 0 Å². The molecule has 1 aliphatic rings. The fourth-order valence-electron chi connectivity index (χ4n) is 2.72. The van der Waals surface area contributed by atoms with E-state index in [1.54, 1.807) is 31.2 Å². The number of aliphatic carboxylic acids is 1. The van der Waals surface area contributed by atoms with Crippen LogP contribution in [0.3, 0.4) is 0 Å². The Morgan fingerprint density at radius 2 is 2.24 bits per heavy atom. The largest absolute Gasteiger partial charge is 0.481 e. The number of ether oxygens (including phenoxy) is 2. The van der Waals surface area contributed by atoms with E-state index in [4.69, 9.17) is 19.8 Å². The van der Waals surface area contributed by atoms with Crippen LogP contribution in [0.1, 0.15) is 31.7 Å². The van der Waals surface area contributed by atoms with E-state index in [0.717, 1.165) is 12.8 Å². The van der Waals surface area contributed by atoms with E-state index >= 15 is 0 Å². The lowest BCUT2D eigenvalue weighted by Crippen LogP contribution is -2.45. The highest BCUT2D eigenvalue weighted by Crippen LogP contribution is 2.20. The predicted octanol–water partition coefficient (Wildman–Crippen LogP) is 1.81. The number of nitriles is 1. The summed E-state index contributed by atoms with van der Waals surface area (Å²) >= 11 is 0. The number of nitrogens with zero attached hydrogens (tertiary/aromatic N) is 2. The molecule has 0 unspecified atom stereocenters. The second-order valence-electron chi connectivity index (χ2n) is 5.93. The SMILES string of the molecule is C[C@H](Oc1ccccc1C#N)C(=O)N(CCC(=O)O)C[C@H]1CCCO1. The zero-order chi connectivity index (χ0) is 18.2. The standard InChI is InChI=1S/C18H22N2O5/c1-13(25-16-7-3-2-5-14(16)11-19)18(23)20(9-8-17(21)22)12-15-6-4-10-24-15/h2-3,5,7,13,15H,4,6,8-10,12H2,1H3,(H,21,22)/t13-,15+/m0/s1. The van der Waals surface area contributed by atoms with Crippen molar-refractivity contribution >= 4 is 11.9 Å². The molecule has 0 bridgehead atoms. The number of benzene rings is 1. The van der Waals surface area contributed by atoms with Crippen molar-refractivity contribution in [2.75, 3.05) is 19.7 Å². The van der Waals surface area contributed by atoms with Gasteiger partial charge >= 0.3 is 5.97 Å². The minimum Gasteiger partial charge on any atom is -0.481 e. The van der Waals surface area contributed by atoms with Gasteiger partial charge in [0.05, 0.1) is 18.1 Å². The highest BCUT2D eigenvalue weighted by molar-refractivity contribution is 5.81. The lowest BCUT2D eigenvalue weighted by atomic mass is 10.2. The zero-order valence-corrected chi connectivity index (χ0v) is 14.2. The smallest absolute Gasteiger partial charge is 0.305 e. The summed E-state index contributed by atoms with van der Waals surface area (Å²) in [5.74, 6) is -0.945. The Morgan fingerprint density at radius 1 is 1.48 bits per heavy atom. The first-order chi connectivity index (χ1) is 12.0. The molecule has 0 radical (unpaired) electrons. The number of carbonyl (C=O) groups excluding carboxylic acids is 1. The maximum Gasteiger partial charge on any atom is 0.305 e. The Morgan fingerprint density at radius 3 is 2.88 bits per heavy atom. The molecular weight excluding hydrogens is 324 g/mol. The van der Waals surface area contributed by atoms with Gasteiger partial charge in [0.25, 0.3) is 5.91 Å². The van der Waals surface area contributed by atoms with Gasteiger partial charge in [-0.3, -0.25) is 9.59 Å². The van der Waals surface area contributed by atoms with Crippen molar-refractivity contribution in [1.29, 1.82) is 5.26 Å². The number of hydrogen-bond acceptors (Lipinski definition) is 5. The molecule has 1 fully saturated rings. The van der Waals surface area contributed by atoms with Gasteiger partial charge in [-0.05, 0) is 31.9 Å². The van der Waals surface area contributed by atoms with E-state index in [0.29, 0.717) is 24.5 Å². The van der Waals surface area contributed by atoms with Crippen LogP contribution >= 0.6 is 0 Å². The summed E-state index contributed by atoms with van der Waals surface area (Å²) in [6, 6.07) is 8.70. The van der Waals surface area contributed by atoms with Crippen LogP contribution in [0.4, 0.5) is 0 Å². The molecule has 1 heterocycles. The summed E-state index contributed by atoms with van der Waals surface area (Å²) in [4.78, 5) is 25.1. The molecule has 1 aliphatic heterocycles. The van der Waals surface area contributed by atoms with E-state index in [1.165, 1.54) is 4.90 Å². The second-order valence-corrected chi connectivity index (χ2v) is 5.93. The predicted molar refractivity (Wildman–Crippen MR) is 89.1 cm³/mol. The molecule has 0 aromatic heterocycles. The Bertz CT molecular complexity index is 649. The zero-order valence-electron chi connectivity index (χ0n) is 14.2. The van der Waals surface area contributed by atoms with Crippen LogP contribution in [0.25, 0.3) is 0 Å². The van der Waals surface area contributed by atoms with Crippen LogP contribution in [0.5, 0.6) is 5.75 Å². The van der Waals surface area contributed by atoms with E-state index in [1.807, 2.05) is 6.07 Å². The monoisotopic (exact) mass is 346 g/mol. The Labute approximate surface area is 146 Å². The first kappa shape index (κ1) is 18.7. The Kier molecular flexibility index (Phi) is 6.78. The van der Waals surface area contributed by atoms with Crippen molar-refractivity contribution in [3.63, 3.8) is 0 Å². The summed E-state index contributed by atoms with van der Waals surface area (Å²) in [6.07, 6.45) is 0.748. The third-order valence-electron chi connectivity index (χ3n) is 4.01. The second kappa shape index (κ2) is 9.04. The summed E-state index contributed by atoms with van der Waals surface area (Å²) in [6.45, 7) is 2.70. The van der Waals surface area contributed by atoms with Crippen molar-refractivity contribution in [3.05, 3.63) is 29.8 Å². The number of amides is 1. The summed E-state index contributed by atoms with van der Waals surface area (Å²) in [5.41, 5.74) is 0.346. The van der Waals surface area contributed by atoms with Crippen LogP contribution < -0.4 is 4.74 Å². The number of carbonyl (C=O) groups is 2. The quantitative estimate of drug-likeness (QED) is 0.770. The maximum absolute atomic E-state index is 12.7. The molecule has 1 aromatic rings. The summed E-state index contributed by atoms with van der Waals surface area (Å²) in [7, 11) is 0. The van der Waals surface area contributed by atoms with Crippen LogP contribution in [0.15, 0.2) is 24.3 Å². The average Bonchev–Trinajstić information content (AvgIpc) is 3.11. The van der Waals surface area contributed by atoms with E-state index in [2.05, 4.69) is 0 Å². The topological polar surface area (TPSA) is 99.9 Å². The van der Waals surface area contributed by atoms with Gasteiger partial charge in [0.1, 0.15) is 11.8 Å². The molecule has 0 aliphatic carbocycles. The van der Waals surface area contributed by atoms with Crippen molar-refractivity contribution < 1.29 is 24.2 Å². The third kappa shape index (κ3) is 5.47. The summed E-state index contributed by atoms with van der Waals surface area (Å²) < 4.78 is 11.2. The average molecular weight is 346 g/mol. The number of carboxylic acid groups (broad SMARTS) is 1. The highest BCUT2D eigenvalue weighted by Gasteiger charge is 2.27. The van der Waals surface area contributed by atoms with Crippen molar-refractivity contribution in [3.8, 4) is 11.8 Å². The van der Waals surface area contributed by atoms with E-state index < -0.39 is 12.1 Å². The first-order valence-electron chi connectivity index (χ1n) is 8.29. The lowest BCUT2D eigenvalue weighted by Gasteiger charge is -2.28. The number of hydrogen-bond donors (Lipinski definition) is 1. The van der Waals surface area contributed by atoms with Gasteiger partial charge in [0.15, 0.2) is 6.10 Å². The maximum atomic E-state index is 12.7. The molecule has 0 spiro atoms. The van der Waals surface area contributed by atoms with Crippen LogP contribution in [0, 0.1) is 11.3 Å². The minimum atomic E-state index is -0.964.